The summed E-state index contributed by atoms with van der Waals surface area (Å²) in [5.74, 6) is -1.25. The van der Waals surface area contributed by atoms with Crippen molar-refractivity contribution in [3.63, 3.8) is 0 Å². The number of rotatable bonds is 6. The summed E-state index contributed by atoms with van der Waals surface area (Å²) in [6, 6.07) is 18.2. The maximum Gasteiger partial charge on any atom is 0.311 e. The second-order valence-corrected chi connectivity index (χ2v) is 5.49. The van der Waals surface area contributed by atoms with Gasteiger partial charge in [-0.05, 0) is 12.1 Å². The Hall–Kier alpha value is -3.41. The van der Waals surface area contributed by atoms with Crippen molar-refractivity contribution in [3.8, 4) is 5.69 Å². The van der Waals surface area contributed by atoms with E-state index in [0.717, 1.165) is 5.69 Å². The number of esters is 1. The molecule has 1 aromatic heterocycles. The van der Waals surface area contributed by atoms with Gasteiger partial charge in [-0.1, -0.05) is 48.5 Å². The minimum atomic E-state index is -1.10. The van der Waals surface area contributed by atoms with Crippen molar-refractivity contribution in [1.82, 2.24) is 9.78 Å². The maximum atomic E-state index is 12.2. The molecule has 3 aromatic rings. The summed E-state index contributed by atoms with van der Waals surface area (Å²) in [6.45, 7) is 0. The normalized spacial score (nSPS) is 11.7. The van der Waals surface area contributed by atoms with Crippen molar-refractivity contribution in [3.05, 3.63) is 84.2 Å². The Morgan fingerprint density at radius 2 is 1.68 bits per heavy atom. The van der Waals surface area contributed by atoms with Gasteiger partial charge in [0.05, 0.1) is 18.3 Å². The standard InChI is InChI=1S/C19H17N3O3/c20-19(24)18(15-7-3-1-4-8-15)25-17(23)11-14-12-21-22(13-14)16-9-5-2-6-10-16/h1-10,12-13,18H,11H2,(H2,20,24)/t18-/m1/s1. The molecule has 0 aliphatic carbocycles. The Morgan fingerprint density at radius 3 is 2.32 bits per heavy atom. The number of hydrogen-bond acceptors (Lipinski definition) is 4. The van der Waals surface area contributed by atoms with Crippen LogP contribution in [0, 0.1) is 0 Å². The number of para-hydroxylation sites is 1. The Bertz CT molecular complexity index is 860. The first kappa shape index (κ1) is 16.4. The molecular weight excluding hydrogens is 318 g/mol. The molecule has 2 aromatic carbocycles. The van der Waals surface area contributed by atoms with Crippen molar-refractivity contribution in [1.29, 1.82) is 0 Å². The van der Waals surface area contributed by atoms with Gasteiger partial charge in [-0.3, -0.25) is 9.59 Å². The van der Waals surface area contributed by atoms with Crippen LogP contribution in [0.1, 0.15) is 17.2 Å². The summed E-state index contributed by atoms with van der Waals surface area (Å²) in [7, 11) is 0. The number of nitrogens with two attached hydrogens (primary N) is 1. The van der Waals surface area contributed by atoms with Gasteiger partial charge >= 0.3 is 5.97 Å². The maximum absolute atomic E-state index is 12.2. The fourth-order valence-electron chi connectivity index (χ4n) is 2.43. The lowest BCUT2D eigenvalue weighted by Gasteiger charge is -2.14. The van der Waals surface area contributed by atoms with Gasteiger partial charge in [-0.2, -0.15) is 5.10 Å². The molecule has 25 heavy (non-hydrogen) atoms. The van der Waals surface area contributed by atoms with Gasteiger partial charge in [0, 0.05) is 17.3 Å². The van der Waals surface area contributed by atoms with Crippen molar-refractivity contribution < 1.29 is 14.3 Å². The van der Waals surface area contributed by atoms with Crippen LogP contribution in [0.25, 0.3) is 5.69 Å². The molecule has 0 aliphatic heterocycles. The number of hydrogen-bond donors (Lipinski definition) is 1. The van der Waals surface area contributed by atoms with E-state index >= 15 is 0 Å². The van der Waals surface area contributed by atoms with Crippen LogP contribution in [0.3, 0.4) is 0 Å². The number of ether oxygens (including phenoxy) is 1. The number of aromatic nitrogens is 2. The molecule has 6 nitrogen and oxygen atoms in total. The highest BCUT2D eigenvalue weighted by molar-refractivity contribution is 5.84. The van der Waals surface area contributed by atoms with E-state index in [9.17, 15) is 9.59 Å². The van der Waals surface area contributed by atoms with Crippen LogP contribution < -0.4 is 5.73 Å². The van der Waals surface area contributed by atoms with Gasteiger partial charge < -0.3 is 10.5 Å². The van der Waals surface area contributed by atoms with Gasteiger partial charge in [-0.15, -0.1) is 0 Å². The molecule has 1 amide bonds. The van der Waals surface area contributed by atoms with E-state index in [4.69, 9.17) is 10.5 Å². The van der Waals surface area contributed by atoms with E-state index in [0.29, 0.717) is 11.1 Å². The predicted octanol–water partition coefficient (Wildman–Crippen LogP) is 2.18. The minimum absolute atomic E-state index is 0.00342. The van der Waals surface area contributed by atoms with E-state index in [1.54, 1.807) is 47.4 Å². The summed E-state index contributed by atoms with van der Waals surface area (Å²) >= 11 is 0. The summed E-state index contributed by atoms with van der Waals surface area (Å²) < 4.78 is 6.94. The Labute approximate surface area is 144 Å². The third-order valence-electron chi connectivity index (χ3n) is 3.62. The van der Waals surface area contributed by atoms with Gasteiger partial charge in [-0.25, -0.2) is 4.68 Å². The highest BCUT2D eigenvalue weighted by Gasteiger charge is 2.22. The third-order valence-corrected chi connectivity index (χ3v) is 3.62. The molecule has 0 fully saturated rings. The zero-order valence-corrected chi connectivity index (χ0v) is 13.4. The van der Waals surface area contributed by atoms with Gasteiger partial charge in [0.1, 0.15) is 0 Å². The average molecular weight is 335 g/mol. The lowest BCUT2D eigenvalue weighted by molar-refractivity contribution is -0.154. The largest absolute Gasteiger partial charge is 0.447 e. The molecule has 0 spiro atoms. The molecule has 1 atom stereocenters. The molecule has 0 saturated carbocycles. The van der Waals surface area contributed by atoms with Crippen LogP contribution in [0.2, 0.25) is 0 Å². The number of amides is 1. The lowest BCUT2D eigenvalue weighted by atomic mass is 10.1. The molecular formula is C19H17N3O3. The van der Waals surface area contributed by atoms with E-state index in [2.05, 4.69) is 5.10 Å². The highest BCUT2D eigenvalue weighted by atomic mass is 16.5. The summed E-state index contributed by atoms with van der Waals surface area (Å²) in [6.07, 6.45) is 2.25. The minimum Gasteiger partial charge on any atom is -0.447 e. The molecule has 126 valence electrons. The Morgan fingerprint density at radius 1 is 1.04 bits per heavy atom. The molecule has 1 heterocycles. The van der Waals surface area contributed by atoms with E-state index in [1.807, 2.05) is 30.3 Å². The first-order valence-electron chi connectivity index (χ1n) is 7.76. The Kier molecular flexibility index (Phi) is 4.89. The molecule has 0 saturated heterocycles. The summed E-state index contributed by atoms with van der Waals surface area (Å²) in [5.41, 5.74) is 7.48. The third kappa shape index (κ3) is 4.11. The first-order valence-corrected chi connectivity index (χ1v) is 7.76. The number of primary amides is 1. The second-order valence-electron chi connectivity index (χ2n) is 5.49. The Balaban J connectivity index is 1.68. The number of carbonyl (C=O) groups is 2. The van der Waals surface area contributed by atoms with Gasteiger partial charge in [0.15, 0.2) is 0 Å². The van der Waals surface area contributed by atoms with Crippen LogP contribution >= 0.6 is 0 Å². The van der Waals surface area contributed by atoms with Gasteiger partial charge in [0.2, 0.25) is 6.10 Å². The molecule has 6 heteroatoms. The predicted molar refractivity (Wildman–Crippen MR) is 91.7 cm³/mol. The zero-order chi connectivity index (χ0) is 17.6. The fourth-order valence-corrected chi connectivity index (χ4v) is 2.43. The molecule has 0 aliphatic rings. The lowest BCUT2D eigenvalue weighted by Crippen LogP contribution is -2.26. The van der Waals surface area contributed by atoms with Crippen LogP contribution in [-0.2, 0) is 20.7 Å². The topological polar surface area (TPSA) is 87.2 Å². The van der Waals surface area contributed by atoms with E-state index < -0.39 is 18.0 Å². The molecule has 3 rings (SSSR count). The average Bonchev–Trinajstić information content (AvgIpc) is 3.09. The van der Waals surface area contributed by atoms with Crippen LogP contribution in [0.5, 0.6) is 0 Å². The van der Waals surface area contributed by atoms with Crippen LogP contribution in [0.4, 0.5) is 0 Å². The van der Waals surface area contributed by atoms with E-state index in [1.165, 1.54) is 0 Å². The molecule has 2 N–H and O–H groups in total. The van der Waals surface area contributed by atoms with Crippen molar-refractivity contribution in [2.45, 2.75) is 12.5 Å². The second kappa shape index (κ2) is 7.44. The smallest absolute Gasteiger partial charge is 0.311 e. The SMILES string of the molecule is NC(=O)[C@H](OC(=O)Cc1cnn(-c2ccccc2)c1)c1ccccc1. The summed E-state index contributed by atoms with van der Waals surface area (Å²) in [5, 5.41) is 4.23. The highest BCUT2D eigenvalue weighted by Crippen LogP contribution is 2.18. The van der Waals surface area contributed by atoms with Gasteiger partial charge in [0.25, 0.3) is 5.91 Å². The van der Waals surface area contributed by atoms with Crippen molar-refractivity contribution >= 4 is 11.9 Å². The molecule has 0 unspecified atom stereocenters. The monoisotopic (exact) mass is 335 g/mol. The fraction of sp³-hybridized carbons (Fsp3) is 0.105. The number of benzene rings is 2. The first-order chi connectivity index (χ1) is 12.1. The number of nitrogens with zero attached hydrogens (tertiary/aromatic N) is 2. The van der Waals surface area contributed by atoms with Crippen molar-refractivity contribution in [2.75, 3.05) is 0 Å². The quantitative estimate of drug-likeness (QED) is 0.700. The van der Waals surface area contributed by atoms with Crippen LogP contribution in [-0.4, -0.2) is 21.7 Å². The van der Waals surface area contributed by atoms with Crippen LogP contribution in [0.15, 0.2) is 73.1 Å². The van der Waals surface area contributed by atoms with E-state index in [-0.39, 0.29) is 6.42 Å². The van der Waals surface area contributed by atoms with Crippen molar-refractivity contribution in [2.24, 2.45) is 5.73 Å². The summed E-state index contributed by atoms with van der Waals surface area (Å²) in [4.78, 5) is 23.8. The zero-order valence-electron chi connectivity index (χ0n) is 13.4. The molecule has 0 radical (unpaired) electrons. The number of carbonyl (C=O) groups excluding carboxylic acids is 2. The molecule has 0 bridgehead atoms.